The Labute approximate surface area is 176 Å². The minimum absolute atomic E-state index is 0.0847. The van der Waals surface area contributed by atoms with Gasteiger partial charge in [-0.15, -0.1) is 11.3 Å². The van der Waals surface area contributed by atoms with Crippen molar-refractivity contribution in [3.8, 4) is 0 Å². The zero-order valence-electron chi connectivity index (χ0n) is 16.3. The number of amides is 1. The fourth-order valence-corrected chi connectivity index (χ4v) is 4.69. The van der Waals surface area contributed by atoms with Crippen LogP contribution < -0.4 is 5.32 Å². The van der Waals surface area contributed by atoms with Gasteiger partial charge in [-0.25, -0.2) is 0 Å². The SMILES string of the molecule is O=C(CN1CCN(Cc2csc3ccccc23)CC1)Nc1ccccc1C(F)(F)F. The summed E-state index contributed by atoms with van der Waals surface area (Å²) in [5, 5.41) is 5.90. The molecule has 8 heteroatoms. The molecule has 0 radical (unpaired) electrons. The Morgan fingerprint density at radius 2 is 1.63 bits per heavy atom. The number of thiophene rings is 1. The number of carbonyl (C=O) groups is 1. The molecule has 1 aliphatic rings. The largest absolute Gasteiger partial charge is 0.418 e. The second kappa shape index (κ2) is 8.75. The number of piperazine rings is 1. The van der Waals surface area contributed by atoms with Crippen LogP contribution in [0.1, 0.15) is 11.1 Å². The molecule has 4 rings (SSSR count). The molecule has 1 aliphatic heterocycles. The summed E-state index contributed by atoms with van der Waals surface area (Å²) < 4.78 is 40.5. The number of carbonyl (C=O) groups excluding carboxylic acids is 1. The van der Waals surface area contributed by atoms with Crippen molar-refractivity contribution in [2.75, 3.05) is 38.0 Å². The van der Waals surface area contributed by atoms with Crippen molar-refractivity contribution in [1.29, 1.82) is 0 Å². The van der Waals surface area contributed by atoms with Crippen molar-refractivity contribution in [3.05, 3.63) is 65.0 Å². The predicted octanol–water partition coefficient (Wildman–Crippen LogP) is 4.68. The molecule has 0 saturated carbocycles. The van der Waals surface area contributed by atoms with Gasteiger partial charge in [0, 0.05) is 37.4 Å². The molecule has 0 unspecified atom stereocenters. The van der Waals surface area contributed by atoms with Gasteiger partial charge < -0.3 is 5.32 Å². The molecule has 2 heterocycles. The smallest absolute Gasteiger partial charge is 0.324 e. The zero-order chi connectivity index (χ0) is 21.1. The van der Waals surface area contributed by atoms with Crippen molar-refractivity contribution < 1.29 is 18.0 Å². The third kappa shape index (κ3) is 4.83. The molecule has 1 amide bonds. The molecule has 1 saturated heterocycles. The Bertz CT molecular complexity index is 1030. The van der Waals surface area contributed by atoms with E-state index in [0.717, 1.165) is 25.7 Å². The van der Waals surface area contributed by atoms with E-state index in [-0.39, 0.29) is 12.2 Å². The quantitative estimate of drug-likeness (QED) is 0.635. The van der Waals surface area contributed by atoms with E-state index in [9.17, 15) is 18.0 Å². The molecule has 0 aliphatic carbocycles. The van der Waals surface area contributed by atoms with E-state index in [1.807, 2.05) is 17.0 Å². The van der Waals surface area contributed by atoms with Gasteiger partial charge >= 0.3 is 6.18 Å². The molecule has 3 aromatic rings. The fraction of sp³-hybridized carbons (Fsp3) is 0.318. The molecule has 2 aromatic carbocycles. The van der Waals surface area contributed by atoms with Crippen molar-refractivity contribution in [2.24, 2.45) is 0 Å². The summed E-state index contributed by atoms with van der Waals surface area (Å²) in [6.07, 6.45) is -4.50. The highest BCUT2D eigenvalue weighted by Crippen LogP contribution is 2.34. The number of rotatable bonds is 5. The van der Waals surface area contributed by atoms with Crippen molar-refractivity contribution in [3.63, 3.8) is 0 Å². The summed E-state index contributed by atoms with van der Waals surface area (Å²) in [6.45, 7) is 3.99. The number of nitrogens with zero attached hydrogens (tertiary/aromatic N) is 2. The van der Waals surface area contributed by atoms with Crippen molar-refractivity contribution in [1.82, 2.24) is 9.80 Å². The number of nitrogens with one attached hydrogen (secondary N) is 1. The maximum absolute atomic E-state index is 13.1. The average Bonchev–Trinajstić information content (AvgIpc) is 3.12. The van der Waals surface area contributed by atoms with E-state index >= 15 is 0 Å². The maximum atomic E-state index is 13.1. The molecule has 0 spiro atoms. The maximum Gasteiger partial charge on any atom is 0.418 e. The molecule has 158 valence electrons. The van der Waals surface area contributed by atoms with Crippen molar-refractivity contribution in [2.45, 2.75) is 12.7 Å². The van der Waals surface area contributed by atoms with Gasteiger partial charge in [-0.1, -0.05) is 30.3 Å². The highest BCUT2D eigenvalue weighted by Gasteiger charge is 2.33. The van der Waals surface area contributed by atoms with E-state index in [2.05, 4.69) is 27.7 Å². The number of hydrogen-bond donors (Lipinski definition) is 1. The van der Waals surface area contributed by atoms with Crippen LogP contribution >= 0.6 is 11.3 Å². The van der Waals surface area contributed by atoms with Crippen LogP contribution in [0.15, 0.2) is 53.9 Å². The monoisotopic (exact) mass is 433 g/mol. The summed E-state index contributed by atoms with van der Waals surface area (Å²) in [5.41, 5.74) is 0.287. The summed E-state index contributed by atoms with van der Waals surface area (Å²) in [5.74, 6) is -0.427. The minimum atomic E-state index is -4.50. The molecule has 0 bridgehead atoms. The summed E-state index contributed by atoms with van der Waals surface area (Å²) in [6, 6.07) is 13.4. The lowest BCUT2D eigenvalue weighted by Gasteiger charge is -2.34. The van der Waals surface area contributed by atoms with Crippen LogP contribution in [-0.2, 0) is 17.5 Å². The summed E-state index contributed by atoms with van der Waals surface area (Å²) in [7, 11) is 0. The van der Waals surface area contributed by atoms with Gasteiger partial charge in [0.25, 0.3) is 0 Å². The zero-order valence-corrected chi connectivity index (χ0v) is 17.1. The third-order valence-electron chi connectivity index (χ3n) is 5.29. The van der Waals surface area contributed by atoms with Crippen LogP contribution in [0.3, 0.4) is 0 Å². The Kier molecular flexibility index (Phi) is 6.08. The molecule has 4 nitrogen and oxygen atoms in total. The van der Waals surface area contributed by atoms with Crippen LogP contribution in [0.25, 0.3) is 10.1 Å². The summed E-state index contributed by atoms with van der Waals surface area (Å²) in [4.78, 5) is 16.6. The Balaban J connectivity index is 1.29. The minimum Gasteiger partial charge on any atom is -0.324 e. The Hall–Kier alpha value is -2.42. The normalized spacial score (nSPS) is 16.1. The number of benzene rings is 2. The molecule has 1 fully saturated rings. The van der Waals surface area contributed by atoms with E-state index < -0.39 is 17.6 Å². The van der Waals surface area contributed by atoms with Crippen molar-refractivity contribution >= 4 is 33.0 Å². The van der Waals surface area contributed by atoms with Crippen LogP contribution in [0.4, 0.5) is 18.9 Å². The topological polar surface area (TPSA) is 35.6 Å². The van der Waals surface area contributed by atoms with E-state index in [1.54, 1.807) is 11.3 Å². The van der Waals surface area contributed by atoms with Gasteiger partial charge in [0.2, 0.25) is 5.91 Å². The molecule has 1 aromatic heterocycles. The molecular formula is C22H22F3N3OS. The Morgan fingerprint density at radius 3 is 2.40 bits per heavy atom. The fourth-order valence-electron chi connectivity index (χ4n) is 3.73. The third-order valence-corrected chi connectivity index (χ3v) is 6.31. The van der Waals surface area contributed by atoms with E-state index in [1.165, 1.54) is 33.8 Å². The number of anilines is 1. The second-order valence-corrected chi connectivity index (χ2v) is 8.31. The number of para-hydroxylation sites is 1. The van der Waals surface area contributed by atoms with E-state index in [4.69, 9.17) is 0 Å². The number of alkyl halides is 3. The lowest BCUT2D eigenvalue weighted by atomic mass is 10.1. The summed E-state index contributed by atoms with van der Waals surface area (Å²) >= 11 is 1.75. The van der Waals surface area contributed by atoms with E-state index in [0.29, 0.717) is 13.1 Å². The van der Waals surface area contributed by atoms with Gasteiger partial charge in [-0.05, 0) is 34.5 Å². The van der Waals surface area contributed by atoms with Gasteiger partial charge in [0.05, 0.1) is 17.8 Å². The highest BCUT2D eigenvalue weighted by atomic mass is 32.1. The van der Waals surface area contributed by atoms with Crippen LogP contribution in [0, 0.1) is 0 Å². The van der Waals surface area contributed by atoms with Crippen LogP contribution in [-0.4, -0.2) is 48.4 Å². The first-order valence-electron chi connectivity index (χ1n) is 9.76. The first-order valence-corrected chi connectivity index (χ1v) is 10.6. The van der Waals surface area contributed by atoms with Gasteiger partial charge in [0.15, 0.2) is 0 Å². The molecule has 0 atom stereocenters. The average molecular weight is 433 g/mol. The van der Waals surface area contributed by atoms with Gasteiger partial charge in [-0.3, -0.25) is 14.6 Å². The lowest BCUT2D eigenvalue weighted by Crippen LogP contribution is -2.48. The molecular weight excluding hydrogens is 411 g/mol. The van der Waals surface area contributed by atoms with Crippen LogP contribution in [0.2, 0.25) is 0 Å². The number of fused-ring (bicyclic) bond motifs is 1. The van der Waals surface area contributed by atoms with Crippen LogP contribution in [0.5, 0.6) is 0 Å². The molecule has 1 N–H and O–H groups in total. The molecule has 30 heavy (non-hydrogen) atoms. The lowest BCUT2D eigenvalue weighted by molar-refractivity contribution is -0.137. The number of halogens is 3. The number of hydrogen-bond acceptors (Lipinski definition) is 4. The standard InChI is InChI=1S/C22H22F3N3OS/c23-22(24,25)18-6-2-3-7-19(18)26-21(29)14-28-11-9-27(10-12-28)13-16-15-30-20-8-4-1-5-17(16)20/h1-8,15H,9-14H2,(H,26,29). The predicted molar refractivity (Wildman–Crippen MR) is 114 cm³/mol. The first kappa shape index (κ1) is 20.8. The highest BCUT2D eigenvalue weighted by molar-refractivity contribution is 7.17. The van der Waals surface area contributed by atoms with Gasteiger partial charge in [-0.2, -0.15) is 13.2 Å². The van der Waals surface area contributed by atoms with Gasteiger partial charge in [0.1, 0.15) is 0 Å². The second-order valence-electron chi connectivity index (χ2n) is 7.40. The Morgan fingerprint density at radius 1 is 0.967 bits per heavy atom. The first-order chi connectivity index (χ1) is 14.4.